The van der Waals surface area contributed by atoms with Gasteiger partial charge in [-0.15, -0.1) is 11.8 Å². The lowest BCUT2D eigenvalue weighted by Gasteiger charge is -2.37. The first-order chi connectivity index (χ1) is 14.6. The smallest absolute Gasteiger partial charge is 0.267 e. The number of piperazine rings is 1. The van der Waals surface area contributed by atoms with Crippen molar-refractivity contribution in [2.75, 3.05) is 32.8 Å². The van der Waals surface area contributed by atoms with Crippen LogP contribution in [0, 0.1) is 0 Å². The van der Waals surface area contributed by atoms with E-state index in [1.54, 1.807) is 22.7 Å². The minimum atomic E-state index is -0.637. The van der Waals surface area contributed by atoms with Crippen molar-refractivity contribution in [1.29, 1.82) is 0 Å². The number of benzene rings is 2. The summed E-state index contributed by atoms with van der Waals surface area (Å²) in [6, 6.07) is 17.5. The van der Waals surface area contributed by atoms with Gasteiger partial charge in [-0.1, -0.05) is 42.5 Å². The van der Waals surface area contributed by atoms with Gasteiger partial charge in [-0.25, -0.2) is 0 Å². The van der Waals surface area contributed by atoms with Crippen LogP contribution in [0.5, 0.6) is 11.5 Å². The molecule has 2 heterocycles. The molecule has 2 aliphatic rings. The fourth-order valence-electron chi connectivity index (χ4n) is 3.62. The Bertz CT molecular complexity index is 884. The zero-order valence-electron chi connectivity index (χ0n) is 17.0. The highest BCUT2D eigenvalue weighted by Crippen LogP contribution is 2.31. The molecular weight excluding hydrogens is 400 g/mol. The Hall–Kier alpha value is -2.67. The molecule has 2 atom stereocenters. The minimum Gasteiger partial charge on any atom is -0.485 e. The minimum absolute atomic E-state index is 0.0805. The molecule has 0 aliphatic carbocycles. The van der Waals surface area contributed by atoms with Crippen molar-refractivity contribution in [3.05, 3.63) is 60.2 Å². The molecule has 0 bridgehead atoms. The Morgan fingerprint density at radius 2 is 1.60 bits per heavy atom. The van der Waals surface area contributed by atoms with E-state index < -0.39 is 6.10 Å². The van der Waals surface area contributed by atoms with Gasteiger partial charge in [0, 0.05) is 31.9 Å². The SMILES string of the molecule is C[C@H](SCc1ccccc1)C(=O)N1CCN(C(=O)[C@H]2COc3ccccc3O2)CC1. The maximum Gasteiger partial charge on any atom is 0.267 e. The number of carbonyl (C=O) groups is 2. The number of ether oxygens (including phenoxy) is 2. The predicted octanol–water partition coefficient (Wildman–Crippen LogP) is 2.82. The van der Waals surface area contributed by atoms with Crippen LogP contribution >= 0.6 is 11.8 Å². The Morgan fingerprint density at radius 3 is 2.33 bits per heavy atom. The number of amides is 2. The monoisotopic (exact) mass is 426 g/mol. The van der Waals surface area contributed by atoms with Crippen LogP contribution in [-0.4, -0.2) is 65.8 Å². The molecule has 0 N–H and O–H groups in total. The van der Waals surface area contributed by atoms with Gasteiger partial charge in [-0.05, 0) is 24.6 Å². The van der Waals surface area contributed by atoms with Gasteiger partial charge >= 0.3 is 0 Å². The molecule has 0 radical (unpaired) electrons. The lowest BCUT2D eigenvalue weighted by molar-refractivity contribution is -0.146. The van der Waals surface area contributed by atoms with Crippen LogP contribution in [0.1, 0.15) is 12.5 Å². The summed E-state index contributed by atoms with van der Waals surface area (Å²) in [6.45, 7) is 4.29. The van der Waals surface area contributed by atoms with Crippen LogP contribution in [0.4, 0.5) is 0 Å². The first-order valence-corrected chi connectivity index (χ1v) is 11.3. The van der Waals surface area contributed by atoms with Crippen molar-refractivity contribution in [1.82, 2.24) is 9.80 Å². The van der Waals surface area contributed by atoms with Gasteiger partial charge < -0.3 is 19.3 Å². The summed E-state index contributed by atoms with van der Waals surface area (Å²) in [6.07, 6.45) is -0.637. The predicted molar refractivity (Wildman–Crippen MR) is 117 cm³/mol. The average molecular weight is 427 g/mol. The average Bonchev–Trinajstić information content (AvgIpc) is 2.82. The third kappa shape index (κ3) is 4.73. The van der Waals surface area contributed by atoms with Gasteiger partial charge in [0.2, 0.25) is 12.0 Å². The van der Waals surface area contributed by atoms with Gasteiger partial charge in [0.15, 0.2) is 11.5 Å². The van der Waals surface area contributed by atoms with Crippen molar-refractivity contribution >= 4 is 23.6 Å². The molecule has 4 rings (SSSR count). The summed E-state index contributed by atoms with van der Waals surface area (Å²) in [5, 5.41) is -0.112. The molecule has 2 aliphatic heterocycles. The number of hydrogen-bond acceptors (Lipinski definition) is 5. The molecule has 6 nitrogen and oxygen atoms in total. The first-order valence-electron chi connectivity index (χ1n) is 10.2. The second-order valence-corrected chi connectivity index (χ2v) is 8.78. The fourth-order valence-corrected chi connectivity index (χ4v) is 4.54. The highest BCUT2D eigenvalue weighted by Gasteiger charge is 2.34. The zero-order valence-corrected chi connectivity index (χ0v) is 17.8. The van der Waals surface area contributed by atoms with Gasteiger partial charge in [0.25, 0.3) is 5.91 Å². The molecule has 7 heteroatoms. The van der Waals surface area contributed by atoms with Crippen LogP contribution in [0.3, 0.4) is 0 Å². The quantitative estimate of drug-likeness (QED) is 0.736. The molecular formula is C23H26N2O4S. The second kappa shape index (κ2) is 9.43. The van der Waals surface area contributed by atoms with Crippen LogP contribution < -0.4 is 9.47 Å². The van der Waals surface area contributed by atoms with Crippen LogP contribution in [-0.2, 0) is 15.3 Å². The third-order valence-corrected chi connectivity index (χ3v) is 6.58. The standard InChI is InChI=1S/C23H26N2O4S/c1-17(30-16-18-7-3-2-4-8-18)22(26)24-11-13-25(14-12-24)23(27)21-15-28-19-9-5-6-10-20(19)29-21/h2-10,17,21H,11-16H2,1H3/t17-,21+/m0/s1. The summed E-state index contributed by atoms with van der Waals surface area (Å²) >= 11 is 1.65. The lowest BCUT2D eigenvalue weighted by Crippen LogP contribution is -2.56. The van der Waals surface area contributed by atoms with Crippen molar-refractivity contribution in [3.63, 3.8) is 0 Å². The van der Waals surface area contributed by atoms with E-state index in [1.165, 1.54) is 5.56 Å². The zero-order chi connectivity index (χ0) is 20.9. The van der Waals surface area contributed by atoms with Gasteiger partial charge in [0.05, 0.1) is 5.25 Å². The molecule has 2 aromatic rings. The van der Waals surface area contributed by atoms with E-state index in [1.807, 2.05) is 48.2 Å². The number of hydrogen-bond donors (Lipinski definition) is 0. The van der Waals surface area contributed by atoms with E-state index in [9.17, 15) is 9.59 Å². The molecule has 30 heavy (non-hydrogen) atoms. The highest BCUT2D eigenvalue weighted by molar-refractivity contribution is 7.99. The van der Waals surface area contributed by atoms with Gasteiger partial charge in [0.1, 0.15) is 6.61 Å². The molecule has 0 aromatic heterocycles. The van der Waals surface area contributed by atoms with E-state index >= 15 is 0 Å². The third-order valence-electron chi connectivity index (χ3n) is 5.38. The van der Waals surface area contributed by atoms with Crippen molar-refractivity contribution < 1.29 is 19.1 Å². The van der Waals surface area contributed by atoms with E-state index in [0.717, 1.165) is 5.75 Å². The topological polar surface area (TPSA) is 59.1 Å². The molecule has 0 spiro atoms. The maximum atomic E-state index is 12.8. The number of nitrogens with zero attached hydrogens (tertiary/aromatic N) is 2. The highest BCUT2D eigenvalue weighted by atomic mass is 32.2. The van der Waals surface area contributed by atoms with Crippen molar-refractivity contribution in [3.8, 4) is 11.5 Å². The lowest BCUT2D eigenvalue weighted by atomic mass is 10.2. The van der Waals surface area contributed by atoms with E-state index in [4.69, 9.17) is 9.47 Å². The van der Waals surface area contributed by atoms with Crippen LogP contribution in [0.15, 0.2) is 54.6 Å². The molecule has 2 aromatic carbocycles. The number of carbonyl (C=O) groups excluding carboxylic acids is 2. The second-order valence-electron chi connectivity index (χ2n) is 7.45. The molecule has 2 amide bonds. The molecule has 158 valence electrons. The van der Waals surface area contributed by atoms with Crippen molar-refractivity contribution in [2.24, 2.45) is 0 Å². The summed E-state index contributed by atoms with van der Waals surface area (Å²) in [4.78, 5) is 29.3. The van der Waals surface area contributed by atoms with E-state index in [0.29, 0.717) is 37.7 Å². The Labute approximate surface area is 181 Å². The Kier molecular flexibility index (Phi) is 6.47. The largest absolute Gasteiger partial charge is 0.485 e. The fraction of sp³-hybridized carbons (Fsp3) is 0.391. The molecule has 1 saturated heterocycles. The first kappa shape index (κ1) is 20.6. The van der Waals surface area contributed by atoms with E-state index in [2.05, 4.69) is 12.1 Å². The molecule has 1 fully saturated rings. The van der Waals surface area contributed by atoms with Crippen LogP contribution in [0.25, 0.3) is 0 Å². The van der Waals surface area contributed by atoms with Gasteiger partial charge in [-0.3, -0.25) is 9.59 Å². The van der Waals surface area contributed by atoms with Gasteiger partial charge in [-0.2, -0.15) is 0 Å². The normalized spacial score (nSPS) is 19.3. The summed E-state index contributed by atoms with van der Waals surface area (Å²) in [7, 11) is 0. The van der Waals surface area contributed by atoms with Crippen molar-refractivity contribution in [2.45, 2.75) is 24.0 Å². The number of fused-ring (bicyclic) bond motifs is 1. The summed E-state index contributed by atoms with van der Waals surface area (Å²) in [5.74, 6) is 2.13. The maximum absolute atomic E-state index is 12.8. The number of rotatable bonds is 5. The summed E-state index contributed by atoms with van der Waals surface area (Å²) < 4.78 is 11.5. The Morgan fingerprint density at radius 1 is 0.967 bits per heavy atom. The number of thioether (sulfide) groups is 1. The Balaban J connectivity index is 1.25. The summed E-state index contributed by atoms with van der Waals surface area (Å²) in [5.41, 5.74) is 1.22. The molecule has 0 saturated carbocycles. The van der Waals surface area contributed by atoms with E-state index in [-0.39, 0.29) is 23.7 Å². The number of para-hydroxylation sites is 2. The van der Waals surface area contributed by atoms with Crippen LogP contribution in [0.2, 0.25) is 0 Å². The molecule has 0 unspecified atom stereocenters.